The van der Waals surface area contributed by atoms with Gasteiger partial charge in [-0.3, -0.25) is 9.89 Å². The zero-order chi connectivity index (χ0) is 24.0. The number of ether oxygens (including phenoxy) is 2. The van der Waals surface area contributed by atoms with Crippen molar-refractivity contribution >= 4 is 16.8 Å². The molecule has 4 aromatic rings. The van der Waals surface area contributed by atoms with Crippen LogP contribution in [-0.4, -0.2) is 49.0 Å². The molecule has 2 heterocycles. The van der Waals surface area contributed by atoms with Crippen molar-refractivity contribution in [2.24, 2.45) is 0 Å². The van der Waals surface area contributed by atoms with E-state index in [9.17, 15) is 4.79 Å². The molecule has 1 atom stereocenters. The van der Waals surface area contributed by atoms with Crippen LogP contribution in [-0.2, 0) is 4.74 Å². The molecule has 1 amide bonds. The number of methoxy groups -OCH3 is 1. The molecule has 3 aromatic carbocycles. The van der Waals surface area contributed by atoms with E-state index in [0.717, 1.165) is 59.4 Å². The van der Waals surface area contributed by atoms with Crippen LogP contribution in [0, 0.1) is 0 Å². The van der Waals surface area contributed by atoms with Gasteiger partial charge in [0.15, 0.2) is 0 Å². The molecule has 7 nitrogen and oxygen atoms in total. The minimum absolute atomic E-state index is 0.157. The molecule has 180 valence electrons. The van der Waals surface area contributed by atoms with Crippen LogP contribution >= 0.6 is 0 Å². The van der Waals surface area contributed by atoms with E-state index in [1.807, 2.05) is 72.8 Å². The number of carbonyl (C=O) groups excluding carboxylic acids is 1. The lowest BCUT2D eigenvalue weighted by atomic mass is 10.0. The minimum atomic E-state index is -0.235. The average molecular weight is 471 g/mol. The molecule has 0 saturated carbocycles. The number of amides is 1. The van der Waals surface area contributed by atoms with Crippen molar-refractivity contribution in [3.63, 3.8) is 0 Å². The Morgan fingerprint density at radius 3 is 2.57 bits per heavy atom. The lowest BCUT2D eigenvalue weighted by Crippen LogP contribution is -2.34. The molecule has 3 N–H and O–H groups in total. The van der Waals surface area contributed by atoms with Gasteiger partial charge in [-0.05, 0) is 74.0 Å². The van der Waals surface area contributed by atoms with Crippen LogP contribution < -0.4 is 15.4 Å². The van der Waals surface area contributed by atoms with Crippen molar-refractivity contribution in [3.05, 3.63) is 83.9 Å². The number of rotatable bonds is 8. The fraction of sp³-hybridized carbons (Fsp3) is 0.286. The Morgan fingerprint density at radius 1 is 1.06 bits per heavy atom. The number of fused-ring (bicyclic) bond motifs is 1. The highest BCUT2D eigenvalue weighted by Crippen LogP contribution is 2.29. The predicted octanol–water partition coefficient (Wildman–Crippen LogP) is 4.48. The maximum Gasteiger partial charge on any atom is 0.251 e. The Labute approximate surface area is 204 Å². The zero-order valence-corrected chi connectivity index (χ0v) is 19.8. The summed E-state index contributed by atoms with van der Waals surface area (Å²) in [5, 5.41) is 15.0. The maximum absolute atomic E-state index is 13.1. The van der Waals surface area contributed by atoms with Gasteiger partial charge in [0.05, 0.1) is 23.9 Å². The van der Waals surface area contributed by atoms with Gasteiger partial charge in [-0.15, -0.1) is 0 Å². The summed E-state index contributed by atoms with van der Waals surface area (Å²) in [4.78, 5) is 13.1. The molecular weight excluding hydrogens is 440 g/mol. The maximum atomic E-state index is 13.1. The van der Waals surface area contributed by atoms with E-state index in [-0.39, 0.29) is 18.1 Å². The first-order valence-electron chi connectivity index (χ1n) is 12.0. The second kappa shape index (κ2) is 10.7. The minimum Gasteiger partial charge on any atom is -0.490 e. The third kappa shape index (κ3) is 5.37. The Balaban J connectivity index is 1.35. The number of hydrogen-bond acceptors (Lipinski definition) is 5. The highest BCUT2D eigenvalue weighted by molar-refractivity contribution is 6.01. The van der Waals surface area contributed by atoms with Crippen molar-refractivity contribution < 1.29 is 14.3 Å². The van der Waals surface area contributed by atoms with Gasteiger partial charge in [-0.1, -0.05) is 30.3 Å². The smallest absolute Gasteiger partial charge is 0.251 e. The van der Waals surface area contributed by atoms with Crippen molar-refractivity contribution in [1.29, 1.82) is 0 Å². The fourth-order valence-corrected chi connectivity index (χ4v) is 4.49. The molecule has 1 saturated heterocycles. The second-order valence-corrected chi connectivity index (χ2v) is 8.82. The number of benzene rings is 3. The van der Waals surface area contributed by atoms with E-state index in [4.69, 9.17) is 9.47 Å². The van der Waals surface area contributed by atoms with E-state index >= 15 is 0 Å². The largest absolute Gasteiger partial charge is 0.490 e. The van der Waals surface area contributed by atoms with Crippen LogP contribution in [0.1, 0.15) is 34.8 Å². The molecule has 1 fully saturated rings. The Morgan fingerprint density at radius 2 is 1.83 bits per heavy atom. The summed E-state index contributed by atoms with van der Waals surface area (Å²) in [5.41, 5.74) is 4.22. The van der Waals surface area contributed by atoms with Gasteiger partial charge in [0.25, 0.3) is 5.91 Å². The Kier molecular flexibility index (Phi) is 7.07. The van der Waals surface area contributed by atoms with E-state index < -0.39 is 0 Å². The number of aromatic amines is 1. The number of nitrogens with one attached hydrogen (secondary N) is 3. The van der Waals surface area contributed by atoms with Crippen molar-refractivity contribution in [2.45, 2.75) is 25.0 Å². The Bertz CT molecular complexity index is 1260. The summed E-state index contributed by atoms with van der Waals surface area (Å²) in [5.74, 6) is 0.710. The Hall–Kier alpha value is -3.68. The number of H-pyrrole nitrogens is 1. The molecular formula is C28H30N4O3. The quantitative estimate of drug-likeness (QED) is 0.353. The lowest BCUT2D eigenvalue weighted by Gasteiger charge is -2.23. The third-order valence-corrected chi connectivity index (χ3v) is 6.38. The van der Waals surface area contributed by atoms with Crippen LogP contribution in [0.3, 0.4) is 0 Å². The molecule has 35 heavy (non-hydrogen) atoms. The molecule has 0 bridgehead atoms. The van der Waals surface area contributed by atoms with Gasteiger partial charge in [0.2, 0.25) is 0 Å². The van der Waals surface area contributed by atoms with Crippen LogP contribution in [0.25, 0.3) is 22.2 Å². The highest BCUT2D eigenvalue weighted by atomic mass is 16.5. The highest BCUT2D eigenvalue weighted by Gasteiger charge is 2.18. The molecule has 0 aliphatic carbocycles. The second-order valence-electron chi connectivity index (χ2n) is 8.82. The van der Waals surface area contributed by atoms with Crippen LogP contribution in [0.4, 0.5) is 0 Å². The first kappa shape index (κ1) is 23.1. The molecule has 0 radical (unpaired) electrons. The number of hydrogen-bond donors (Lipinski definition) is 3. The van der Waals surface area contributed by atoms with Gasteiger partial charge in [-0.25, -0.2) is 0 Å². The first-order valence-corrected chi connectivity index (χ1v) is 12.0. The van der Waals surface area contributed by atoms with Crippen molar-refractivity contribution in [1.82, 2.24) is 20.8 Å². The summed E-state index contributed by atoms with van der Waals surface area (Å²) >= 11 is 0. The molecule has 7 heteroatoms. The number of aromatic nitrogens is 2. The van der Waals surface area contributed by atoms with Crippen LogP contribution in [0.5, 0.6) is 5.75 Å². The molecule has 0 spiro atoms. The SMILES string of the molecule is COCC(NC(=O)c1ccc2[nH]nc(-c3ccc(OC4CCNCC4)cc3)c2c1)c1ccccc1. The lowest BCUT2D eigenvalue weighted by molar-refractivity contribution is 0.0896. The van der Waals surface area contributed by atoms with Gasteiger partial charge >= 0.3 is 0 Å². The summed E-state index contributed by atoms with van der Waals surface area (Å²) in [6, 6.07) is 23.2. The van der Waals surface area contributed by atoms with Gasteiger partial charge in [-0.2, -0.15) is 5.10 Å². The molecule has 5 rings (SSSR count). The van der Waals surface area contributed by atoms with E-state index in [1.54, 1.807) is 7.11 Å². The summed E-state index contributed by atoms with van der Waals surface area (Å²) in [6.45, 7) is 2.38. The predicted molar refractivity (Wildman–Crippen MR) is 137 cm³/mol. The number of piperidine rings is 1. The topological polar surface area (TPSA) is 88.3 Å². The molecule has 1 aromatic heterocycles. The normalized spacial score (nSPS) is 15.1. The zero-order valence-electron chi connectivity index (χ0n) is 19.8. The van der Waals surface area contributed by atoms with E-state index in [2.05, 4.69) is 20.8 Å². The van der Waals surface area contributed by atoms with Gasteiger partial charge < -0.3 is 20.1 Å². The standard InChI is InChI=1S/C28H30N4O3/c1-34-18-26(19-5-3-2-4-6-19)30-28(33)21-9-12-25-24(17-21)27(32-31-25)20-7-10-22(11-8-20)35-23-13-15-29-16-14-23/h2-12,17,23,26,29H,13-16,18H2,1H3,(H,30,33)(H,31,32). The van der Waals surface area contributed by atoms with E-state index in [1.165, 1.54) is 0 Å². The molecule has 1 unspecified atom stereocenters. The molecule has 1 aliphatic heterocycles. The average Bonchev–Trinajstić information content (AvgIpc) is 3.33. The summed E-state index contributed by atoms with van der Waals surface area (Å²) < 4.78 is 11.5. The van der Waals surface area contributed by atoms with Gasteiger partial charge in [0, 0.05) is 23.6 Å². The van der Waals surface area contributed by atoms with Gasteiger partial charge in [0.1, 0.15) is 11.9 Å². The monoisotopic (exact) mass is 470 g/mol. The third-order valence-electron chi connectivity index (χ3n) is 6.38. The summed E-state index contributed by atoms with van der Waals surface area (Å²) in [6.07, 6.45) is 2.30. The van der Waals surface area contributed by atoms with Crippen molar-refractivity contribution in [2.75, 3.05) is 26.8 Å². The number of carbonyl (C=O) groups is 1. The molecule has 1 aliphatic rings. The van der Waals surface area contributed by atoms with Crippen LogP contribution in [0.2, 0.25) is 0 Å². The van der Waals surface area contributed by atoms with Crippen molar-refractivity contribution in [3.8, 4) is 17.0 Å². The number of nitrogens with zero attached hydrogens (tertiary/aromatic N) is 1. The first-order chi connectivity index (χ1) is 17.2. The van der Waals surface area contributed by atoms with E-state index in [0.29, 0.717) is 12.2 Å². The fourth-order valence-electron chi connectivity index (χ4n) is 4.49. The van der Waals surface area contributed by atoms with Crippen LogP contribution in [0.15, 0.2) is 72.8 Å². The summed E-state index contributed by atoms with van der Waals surface area (Å²) in [7, 11) is 1.63.